The normalized spacial score (nSPS) is 11.7. The van der Waals surface area contributed by atoms with Crippen LogP contribution in [0.15, 0.2) is 30.3 Å². The molecular formula is C19H21NO5. The average Bonchev–Trinajstić information content (AvgIpc) is 2.87. The first-order valence-electron chi connectivity index (χ1n) is 7.93. The van der Waals surface area contributed by atoms with E-state index in [0.717, 1.165) is 0 Å². The van der Waals surface area contributed by atoms with Crippen LogP contribution in [-0.4, -0.2) is 35.2 Å². The Kier molecular flexibility index (Phi) is 5.75. The third-order valence-electron chi connectivity index (χ3n) is 3.81. The van der Waals surface area contributed by atoms with E-state index in [4.69, 9.17) is 9.47 Å². The second-order valence-corrected chi connectivity index (χ2v) is 5.78. The molecule has 0 amide bonds. The molecule has 0 bridgehead atoms. The van der Waals surface area contributed by atoms with E-state index < -0.39 is 12.1 Å². The largest absolute Gasteiger partial charge is 0.482 e. The number of ether oxygens (including phenoxy) is 2. The van der Waals surface area contributed by atoms with Gasteiger partial charge in [0.15, 0.2) is 18.5 Å². The Labute approximate surface area is 146 Å². The summed E-state index contributed by atoms with van der Waals surface area (Å²) in [6.45, 7) is 6.07. The standard InChI is InChI=1S/C19H21NO5/c1-11-17(13(3)21)12(2)20-18(11)19(23)14(4)25-16(22)10-24-15-8-6-5-7-9-15/h5-9,14,20H,10H2,1-4H3/t14-/m0/s1. The maximum absolute atomic E-state index is 12.5. The number of ketones is 2. The van der Waals surface area contributed by atoms with Crippen molar-refractivity contribution in [2.75, 3.05) is 6.61 Å². The highest BCUT2D eigenvalue weighted by atomic mass is 16.6. The van der Waals surface area contributed by atoms with Crippen LogP contribution in [0.3, 0.4) is 0 Å². The summed E-state index contributed by atoms with van der Waals surface area (Å²) >= 11 is 0. The molecule has 1 aromatic heterocycles. The summed E-state index contributed by atoms with van der Waals surface area (Å²) in [6, 6.07) is 8.85. The zero-order valence-electron chi connectivity index (χ0n) is 14.7. The second-order valence-electron chi connectivity index (χ2n) is 5.78. The van der Waals surface area contributed by atoms with E-state index in [2.05, 4.69) is 4.98 Å². The van der Waals surface area contributed by atoms with Crippen molar-refractivity contribution in [3.8, 4) is 5.75 Å². The Bertz CT molecular complexity index is 792. The van der Waals surface area contributed by atoms with E-state index in [1.807, 2.05) is 6.07 Å². The number of aryl methyl sites for hydroxylation is 1. The van der Waals surface area contributed by atoms with Crippen molar-refractivity contribution < 1.29 is 23.9 Å². The Morgan fingerprint density at radius 1 is 1.12 bits per heavy atom. The van der Waals surface area contributed by atoms with Crippen LogP contribution in [-0.2, 0) is 9.53 Å². The van der Waals surface area contributed by atoms with E-state index in [1.54, 1.807) is 38.1 Å². The van der Waals surface area contributed by atoms with Crippen LogP contribution in [0.1, 0.15) is 46.0 Å². The zero-order valence-corrected chi connectivity index (χ0v) is 14.7. The fourth-order valence-corrected chi connectivity index (χ4v) is 2.67. The van der Waals surface area contributed by atoms with E-state index >= 15 is 0 Å². The van der Waals surface area contributed by atoms with Crippen LogP contribution in [0, 0.1) is 13.8 Å². The molecular weight excluding hydrogens is 322 g/mol. The highest BCUT2D eigenvalue weighted by molar-refractivity contribution is 6.05. The SMILES string of the molecule is CC(=O)c1c(C)[nH]c(C(=O)[C@H](C)OC(=O)COc2ccccc2)c1C. The number of carbonyl (C=O) groups is 3. The number of rotatable bonds is 7. The molecule has 0 saturated heterocycles. The van der Waals surface area contributed by atoms with Gasteiger partial charge in [0.2, 0.25) is 5.78 Å². The number of nitrogens with one attached hydrogen (secondary N) is 1. The van der Waals surface area contributed by atoms with Crippen molar-refractivity contribution in [2.45, 2.75) is 33.8 Å². The molecule has 0 saturated carbocycles. The summed E-state index contributed by atoms with van der Waals surface area (Å²) in [4.78, 5) is 38.9. The number of hydrogen-bond donors (Lipinski definition) is 1. The number of hydrogen-bond acceptors (Lipinski definition) is 5. The first kappa shape index (κ1) is 18.4. The number of Topliss-reactive ketones (excluding diaryl/α,β-unsaturated/α-hetero) is 2. The number of aromatic nitrogens is 1. The van der Waals surface area contributed by atoms with Gasteiger partial charge in [0.1, 0.15) is 5.75 Å². The maximum atomic E-state index is 12.5. The van der Waals surface area contributed by atoms with Crippen molar-refractivity contribution in [1.82, 2.24) is 4.98 Å². The van der Waals surface area contributed by atoms with Crippen LogP contribution < -0.4 is 4.74 Å². The number of para-hydroxylation sites is 1. The smallest absolute Gasteiger partial charge is 0.344 e. The summed E-state index contributed by atoms with van der Waals surface area (Å²) in [5, 5.41) is 0. The minimum absolute atomic E-state index is 0.119. The molecule has 1 aromatic carbocycles. The first-order valence-corrected chi connectivity index (χ1v) is 7.93. The summed E-state index contributed by atoms with van der Waals surface area (Å²) in [5.74, 6) is -0.606. The van der Waals surface area contributed by atoms with Crippen molar-refractivity contribution >= 4 is 17.5 Å². The fourth-order valence-electron chi connectivity index (χ4n) is 2.67. The molecule has 2 aromatic rings. The zero-order chi connectivity index (χ0) is 18.6. The predicted octanol–water partition coefficient (Wildman–Crippen LogP) is 3.03. The molecule has 0 spiro atoms. The lowest BCUT2D eigenvalue weighted by Crippen LogP contribution is -2.28. The van der Waals surface area contributed by atoms with Gasteiger partial charge in [-0.2, -0.15) is 0 Å². The molecule has 1 atom stereocenters. The molecule has 6 nitrogen and oxygen atoms in total. The van der Waals surface area contributed by atoms with Gasteiger partial charge >= 0.3 is 5.97 Å². The number of H-pyrrole nitrogens is 1. The van der Waals surface area contributed by atoms with Crippen molar-refractivity contribution in [1.29, 1.82) is 0 Å². The van der Waals surface area contributed by atoms with Gasteiger partial charge in [-0.05, 0) is 45.4 Å². The summed E-state index contributed by atoms with van der Waals surface area (Å²) in [6.07, 6.45) is -0.983. The van der Waals surface area contributed by atoms with E-state index in [0.29, 0.717) is 22.6 Å². The number of esters is 1. The predicted molar refractivity (Wildman–Crippen MR) is 92.1 cm³/mol. The van der Waals surface area contributed by atoms with Gasteiger partial charge in [0, 0.05) is 11.3 Å². The fraction of sp³-hybridized carbons (Fsp3) is 0.316. The lowest BCUT2D eigenvalue weighted by atomic mass is 10.0. The quantitative estimate of drug-likeness (QED) is 0.617. The molecule has 0 fully saturated rings. The van der Waals surface area contributed by atoms with Crippen LogP contribution >= 0.6 is 0 Å². The van der Waals surface area contributed by atoms with Crippen molar-refractivity contribution in [2.24, 2.45) is 0 Å². The molecule has 0 aliphatic heterocycles. The Morgan fingerprint density at radius 2 is 1.76 bits per heavy atom. The Morgan fingerprint density at radius 3 is 2.32 bits per heavy atom. The van der Waals surface area contributed by atoms with Crippen molar-refractivity contribution in [3.63, 3.8) is 0 Å². The van der Waals surface area contributed by atoms with E-state index in [1.165, 1.54) is 13.8 Å². The van der Waals surface area contributed by atoms with Gasteiger partial charge in [0.05, 0.1) is 5.69 Å². The molecule has 0 aliphatic rings. The van der Waals surface area contributed by atoms with Crippen molar-refractivity contribution in [3.05, 3.63) is 52.8 Å². The molecule has 6 heteroatoms. The Hall–Kier alpha value is -2.89. The van der Waals surface area contributed by atoms with E-state index in [-0.39, 0.29) is 23.9 Å². The minimum Gasteiger partial charge on any atom is -0.482 e. The lowest BCUT2D eigenvalue weighted by Gasteiger charge is -2.12. The van der Waals surface area contributed by atoms with Gasteiger partial charge in [-0.3, -0.25) is 9.59 Å². The molecule has 2 rings (SSSR count). The third-order valence-corrected chi connectivity index (χ3v) is 3.81. The minimum atomic E-state index is -0.983. The maximum Gasteiger partial charge on any atom is 0.344 e. The van der Waals surface area contributed by atoms with Gasteiger partial charge in [-0.15, -0.1) is 0 Å². The summed E-state index contributed by atoms with van der Waals surface area (Å²) in [5.41, 5.74) is 1.97. The summed E-state index contributed by atoms with van der Waals surface area (Å²) < 4.78 is 10.4. The molecule has 0 radical (unpaired) electrons. The number of carbonyl (C=O) groups excluding carboxylic acids is 3. The topological polar surface area (TPSA) is 85.5 Å². The number of aromatic amines is 1. The molecule has 0 aliphatic carbocycles. The van der Waals surface area contributed by atoms with E-state index in [9.17, 15) is 14.4 Å². The van der Waals surface area contributed by atoms with Gasteiger partial charge in [0.25, 0.3) is 0 Å². The second kappa shape index (κ2) is 7.79. The highest BCUT2D eigenvalue weighted by Crippen LogP contribution is 2.20. The third kappa shape index (κ3) is 4.35. The van der Waals surface area contributed by atoms with Crippen LogP contribution in [0.5, 0.6) is 5.75 Å². The van der Waals surface area contributed by atoms with Gasteiger partial charge in [-0.1, -0.05) is 18.2 Å². The average molecular weight is 343 g/mol. The first-order chi connectivity index (χ1) is 11.8. The lowest BCUT2D eigenvalue weighted by molar-refractivity contribution is -0.148. The van der Waals surface area contributed by atoms with Crippen LogP contribution in [0.2, 0.25) is 0 Å². The molecule has 132 valence electrons. The number of benzene rings is 1. The monoisotopic (exact) mass is 343 g/mol. The molecule has 1 N–H and O–H groups in total. The van der Waals surface area contributed by atoms with Gasteiger partial charge < -0.3 is 14.5 Å². The van der Waals surface area contributed by atoms with Crippen LogP contribution in [0.4, 0.5) is 0 Å². The molecule has 1 heterocycles. The molecule has 0 unspecified atom stereocenters. The Balaban J connectivity index is 1.99. The van der Waals surface area contributed by atoms with Crippen LogP contribution in [0.25, 0.3) is 0 Å². The molecule has 25 heavy (non-hydrogen) atoms. The highest BCUT2D eigenvalue weighted by Gasteiger charge is 2.26. The summed E-state index contributed by atoms with van der Waals surface area (Å²) in [7, 11) is 0. The van der Waals surface area contributed by atoms with Gasteiger partial charge in [-0.25, -0.2) is 4.79 Å².